The Morgan fingerprint density at radius 1 is 1.39 bits per heavy atom. The molecule has 1 saturated carbocycles. The van der Waals surface area contributed by atoms with Crippen molar-refractivity contribution in [3.8, 4) is 0 Å². The van der Waals surface area contributed by atoms with Crippen molar-refractivity contribution in [1.29, 1.82) is 0 Å². The van der Waals surface area contributed by atoms with E-state index in [1.165, 1.54) is 6.42 Å². The summed E-state index contributed by atoms with van der Waals surface area (Å²) in [6.07, 6.45) is 3.26. The molecular weight excluding hydrogens is 230 g/mol. The van der Waals surface area contributed by atoms with Crippen LogP contribution in [-0.2, 0) is 4.79 Å². The molecule has 4 heteroatoms. The zero-order valence-electron chi connectivity index (χ0n) is 12.6. The second-order valence-corrected chi connectivity index (χ2v) is 6.13. The Morgan fingerprint density at radius 3 is 2.17 bits per heavy atom. The number of carboxylic acid groups (broad SMARTS) is 1. The maximum absolute atomic E-state index is 10.3. The summed E-state index contributed by atoms with van der Waals surface area (Å²) in [4.78, 5) is 11.2. The highest BCUT2D eigenvalue weighted by Gasteiger charge is 2.40. The lowest BCUT2D eigenvalue weighted by Crippen LogP contribution is -2.52. The molecule has 3 unspecified atom stereocenters. The lowest BCUT2D eigenvalue weighted by Gasteiger charge is -2.45. The van der Waals surface area contributed by atoms with Gasteiger partial charge in [0.1, 0.15) is 0 Å². The van der Waals surface area contributed by atoms with Gasteiger partial charge in [-0.05, 0) is 52.1 Å². The van der Waals surface area contributed by atoms with Crippen molar-refractivity contribution < 1.29 is 15.0 Å². The van der Waals surface area contributed by atoms with E-state index in [1.807, 2.05) is 6.92 Å². The fourth-order valence-electron chi connectivity index (χ4n) is 2.68. The van der Waals surface area contributed by atoms with Crippen molar-refractivity contribution in [3.05, 3.63) is 0 Å². The fraction of sp³-hybridized carbons (Fsp3) is 0.929. The number of hydrogen-bond acceptors (Lipinski definition) is 3. The first-order valence-electron chi connectivity index (χ1n) is 6.66. The monoisotopic (exact) mass is 259 g/mol. The highest BCUT2D eigenvalue weighted by atomic mass is 16.4. The van der Waals surface area contributed by atoms with Gasteiger partial charge in [-0.2, -0.15) is 0 Å². The minimum Gasteiger partial charge on any atom is -0.481 e. The van der Waals surface area contributed by atoms with Gasteiger partial charge in [0.2, 0.25) is 0 Å². The molecule has 0 bridgehead atoms. The molecule has 1 aliphatic carbocycles. The Kier molecular flexibility index (Phi) is 6.86. The quantitative estimate of drug-likeness (QED) is 0.798. The zero-order chi connectivity index (χ0) is 14.5. The molecule has 0 radical (unpaired) electrons. The highest BCUT2D eigenvalue weighted by Crippen LogP contribution is 2.37. The molecule has 4 nitrogen and oxygen atoms in total. The van der Waals surface area contributed by atoms with Crippen LogP contribution in [0.2, 0.25) is 0 Å². The first-order chi connectivity index (χ1) is 8.08. The molecule has 108 valence electrons. The molecule has 1 aliphatic rings. The van der Waals surface area contributed by atoms with E-state index < -0.39 is 11.6 Å². The smallest absolute Gasteiger partial charge is 0.300 e. The first-order valence-corrected chi connectivity index (χ1v) is 6.66. The third-order valence-electron chi connectivity index (χ3n) is 3.83. The topological polar surface area (TPSA) is 60.8 Å². The summed E-state index contributed by atoms with van der Waals surface area (Å²) in [5.41, 5.74) is -0.491. The van der Waals surface area contributed by atoms with E-state index in [0.717, 1.165) is 31.6 Å². The molecule has 1 fully saturated rings. The van der Waals surface area contributed by atoms with Crippen LogP contribution >= 0.6 is 0 Å². The van der Waals surface area contributed by atoms with E-state index in [1.54, 1.807) is 0 Å². The van der Waals surface area contributed by atoms with Crippen LogP contribution in [0.4, 0.5) is 0 Å². The van der Waals surface area contributed by atoms with Crippen LogP contribution in [0, 0.1) is 11.8 Å². The third kappa shape index (κ3) is 5.83. The van der Waals surface area contributed by atoms with Crippen LogP contribution in [0.5, 0.6) is 0 Å². The Balaban J connectivity index is 0.000000631. The van der Waals surface area contributed by atoms with Crippen molar-refractivity contribution in [1.82, 2.24) is 4.90 Å². The lowest BCUT2D eigenvalue weighted by molar-refractivity contribution is -0.134. The van der Waals surface area contributed by atoms with Crippen molar-refractivity contribution >= 4 is 5.97 Å². The van der Waals surface area contributed by atoms with E-state index in [-0.39, 0.29) is 0 Å². The summed E-state index contributed by atoms with van der Waals surface area (Å²) in [6, 6.07) is 0.323. The second-order valence-electron chi connectivity index (χ2n) is 6.13. The van der Waals surface area contributed by atoms with Crippen LogP contribution in [-0.4, -0.2) is 46.8 Å². The van der Waals surface area contributed by atoms with E-state index in [9.17, 15) is 5.11 Å². The number of nitrogens with zero attached hydrogens (tertiary/aromatic N) is 1. The molecule has 0 amide bonds. The van der Waals surface area contributed by atoms with Gasteiger partial charge in [-0.25, -0.2) is 0 Å². The standard InChI is InChI=1S/C12H25NO.C2H4O2/c1-9(2)10-6-7-12(3,14)11(8-10)13(4)5;1-2(3)4/h9-11,14H,6-8H2,1-5H3;1H3,(H,3,4). The molecule has 1 rings (SSSR count). The predicted octanol–water partition coefficient (Wildman–Crippen LogP) is 2.21. The number of carbonyl (C=O) groups is 1. The fourth-order valence-corrected chi connectivity index (χ4v) is 2.68. The minimum absolute atomic E-state index is 0.323. The molecule has 0 saturated heterocycles. The summed E-state index contributed by atoms with van der Waals surface area (Å²) >= 11 is 0. The molecule has 0 spiro atoms. The van der Waals surface area contributed by atoms with E-state index in [2.05, 4.69) is 32.8 Å². The number of rotatable bonds is 2. The SMILES string of the molecule is CC(=O)O.CC(C)C1CCC(C)(O)C(N(C)C)C1. The summed E-state index contributed by atoms with van der Waals surface area (Å²) in [7, 11) is 4.14. The molecule has 0 aliphatic heterocycles. The Bertz CT molecular complexity index is 258. The second kappa shape index (κ2) is 7.10. The van der Waals surface area contributed by atoms with Crippen molar-refractivity contribution in [3.63, 3.8) is 0 Å². The van der Waals surface area contributed by atoms with Crippen LogP contribution in [0.3, 0.4) is 0 Å². The van der Waals surface area contributed by atoms with Crippen molar-refractivity contribution in [2.45, 2.75) is 58.6 Å². The van der Waals surface area contributed by atoms with Gasteiger partial charge in [0, 0.05) is 13.0 Å². The summed E-state index contributed by atoms with van der Waals surface area (Å²) in [6.45, 7) is 7.64. The Morgan fingerprint density at radius 2 is 1.83 bits per heavy atom. The highest BCUT2D eigenvalue weighted by molar-refractivity contribution is 5.62. The predicted molar refractivity (Wildman–Crippen MR) is 73.6 cm³/mol. The minimum atomic E-state index is -0.833. The van der Waals surface area contributed by atoms with Crippen molar-refractivity contribution in [2.75, 3.05) is 14.1 Å². The summed E-state index contributed by atoms with van der Waals surface area (Å²) in [5.74, 6) is 0.691. The normalized spacial score (nSPS) is 32.1. The maximum Gasteiger partial charge on any atom is 0.300 e. The van der Waals surface area contributed by atoms with E-state index in [4.69, 9.17) is 9.90 Å². The van der Waals surface area contributed by atoms with Gasteiger partial charge in [0.25, 0.3) is 5.97 Å². The first kappa shape index (κ1) is 17.4. The van der Waals surface area contributed by atoms with Gasteiger partial charge < -0.3 is 15.1 Å². The number of aliphatic carboxylic acids is 1. The lowest BCUT2D eigenvalue weighted by atomic mass is 9.72. The van der Waals surface area contributed by atoms with Gasteiger partial charge >= 0.3 is 0 Å². The van der Waals surface area contributed by atoms with Crippen LogP contribution in [0.1, 0.15) is 47.0 Å². The summed E-state index contributed by atoms with van der Waals surface area (Å²) < 4.78 is 0. The molecule has 18 heavy (non-hydrogen) atoms. The molecule has 2 N–H and O–H groups in total. The third-order valence-corrected chi connectivity index (χ3v) is 3.83. The molecule has 0 aromatic carbocycles. The molecule has 0 heterocycles. The van der Waals surface area contributed by atoms with Gasteiger partial charge in [0.15, 0.2) is 0 Å². The molecule has 0 aromatic heterocycles. The van der Waals surface area contributed by atoms with Crippen LogP contribution in [0.15, 0.2) is 0 Å². The summed E-state index contributed by atoms with van der Waals surface area (Å²) in [5, 5.41) is 17.7. The zero-order valence-corrected chi connectivity index (χ0v) is 12.6. The number of hydrogen-bond donors (Lipinski definition) is 2. The van der Waals surface area contributed by atoms with Crippen molar-refractivity contribution in [2.24, 2.45) is 11.8 Å². The van der Waals surface area contributed by atoms with Gasteiger partial charge in [-0.15, -0.1) is 0 Å². The molecule has 3 atom stereocenters. The van der Waals surface area contributed by atoms with E-state index >= 15 is 0 Å². The van der Waals surface area contributed by atoms with Crippen LogP contribution < -0.4 is 0 Å². The largest absolute Gasteiger partial charge is 0.481 e. The van der Waals surface area contributed by atoms with Crippen LogP contribution in [0.25, 0.3) is 0 Å². The average molecular weight is 259 g/mol. The number of carboxylic acids is 1. The average Bonchev–Trinajstić information content (AvgIpc) is 2.14. The molecular formula is C14H29NO3. The molecule has 0 aromatic rings. The Labute approximate surface area is 111 Å². The van der Waals surface area contributed by atoms with Gasteiger partial charge in [0.05, 0.1) is 5.60 Å². The Hall–Kier alpha value is -0.610. The van der Waals surface area contributed by atoms with Gasteiger partial charge in [-0.3, -0.25) is 4.79 Å². The number of aliphatic hydroxyl groups is 1. The van der Waals surface area contributed by atoms with E-state index in [0.29, 0.717) is 6.04 Å². The number of likely N-dealkylation sites (N-methyl/N-ethyl adjacent to an activating group) is 1. The van der Waals surface area contributed by atoms with Gasteiger partial charge in [-0.1, -0.05) is 13.8 Å². The maximum atomic E-state index is 10.3.